The van der Waals surface area contributed by atoms with Gasteiger partial charge in [0.1, 0.15) is 6.04 Å². The second-order valence-electron chi connectivity index (χ2n) is 7.88. The summed E-state index contributed by atoms with van der Waals surface area (Å²) in [5.74, 6) is -8.35. The van der Waals surface area contributed by atoms with Gasteiger partial charge in [0.05, 0.1) is 20.3 Å². The Kier molecular flexibility index (Phi) is 10.1. The second kappa shape index (κ2) is 13.0. The van der Waals surface area contributed by atoms with Gasteiger partial charge < -0.3 is 30.3 Å². The van der Waals surface area contributed by atoms with Crippen molar-refractivity contribution >= 4 is 29.7 Å². The number of carboxylic acid groups (broad SMARTS) is 1. The Labute approximate surface area is 207 Å². The molecule has 4 N–H and O–H groups in total. The lowest BCUT2D eigenvalue weighted by atomic mass is 9.87. The number of carbonyl (C=O) groups is 5. The van der Waals surface area contributed by atoms with Crippen LogP contribution in [0.2, 0.25) is 0 Å². The van der Waals surface area contributed by atoms with Gasteiger partial charge in [-0.15, -0.1) is 0 Å². The molecule has 2 aromatic rings. The number of carbonyl (C=O) groups excluding carboxylic acids is 4. The van der Waals surface area contributed by atoms with Crippen molar-refractivity contribution in [3.05, 3.63) is 71.8 Å². The number of esters is 2. The van der Waals surface area contributed by atoms with Gasteiger partial charge in [-0.25, -0.2) is 4.79 Å². The van der Waals surface area contributed by atoms with Gasteiger partial charge in [-0.3, -0.25) is 19.2 Å². The summed E-state index contributed by atoms with van der Waals surface area (Å²) in [5, 5.41) is 25.4. The van der Waals surface area contributed by atoms with E-state index in [0.717, 1.165) is 14.2 Å². The molecule has 2 aromatic carbocycles. The van der Waals surface area contributed by atoms with E-state index in [4.69, 9.17) is 0 Å². The van der Waals surface area contributed by atoms with Gasteiger partial charge >= 0.3 is 17.9 Å². The minimum absolute atomic E-state index is 0.280. The van der Waals surface area contributed by atoms with E-state index in [9.17, 15) is 34.2 Å². The van der Waals surface area contributed by atoms with E-state index in [2.05, 4.69) is 20.1 Å². The zero-order valence-corrected chi connectivity index (χ0v) is 19.9. The molecule has 192 valence electrons. The van der Waals surface area contributed by atoms with Crippen LogP contribution in [-0.4, -0.2) is 66.3 Å². The lowest BCUT2D eigenvalue weighted by molar-refractivity contribution is -0.163. The Balaban J connectivity index is 2.32. The topological polar surface area (TPSA) is 168 Å². The molecular formula is C25H28N2O9. The number of aliphatic hydroxyl groups is 1. The third kappa shape index (κ3) is 6.89. The molecule has 0 bridgehead atoms. The van der Waals surface area contributed by atoms with Gasteiger partial charge in [0.15, 0.2) is 12.0 Å². The van der Waals surface area contributed by atoms with Crippen molar-refractivity contribution in [2.24, 2.45) is 11.8 Å². The Hall–Kier alpha value is -4.25. The molecule has 2 amide bonds. The van der Waals surface area contributed by atoms with Crippen LogP contribution in [0.5, 0.6) is 0 Å². The molecule has 0 radical (unpaired) electrons. The molecule has 0 unspecified atom stereocenters. The lowest BCUT2D eigenvalue weighted by Gasteiger charge is -2.29. The fourth-order valence-electron chi connectivity index (χ4n) is 3.60. The highest BCUT2D eigenvalue weighted by Crippen LogP contribution is 2.22. The molecular weight excluding hydrogens is 472 g/mol. The first kappa shape index (κ1) is 28.0. The van der Waals surface area contributed by atoms with Crippen LogP contribution in [0.3, 0.4) is 0 Å². The molecule has 0 heterocycles. The highest BCUT2D eigenvalue weighted by atomic mass is 16.5. The van der Waals surface area contributed by atoms with Crippen LogP contribution in [0.25, 0.3) is 0 Å². The summed E-state index contributed by atoms with van der Waals surface area (Å²) in [6.07, 6.45) is -1.93. The Bertz CT molecular complexity index is 1060. The standard InChI is InChI=1S/C25H28N2O9/c1-14(17(24(33)35-2)25(34)36-3)18(23(31)32)26-22(30)20(28)19(15-10-6-4-7-11-15)27-21(29)16-12-8-5-9-13-16/h4-14,17-20,28H,1-3H3,(H,26,30)(H,27,29)(H,31,32)/t14-,18+,19-,20+/m0/s1. The summed E-state index contributed by atoms with van der Waals surface area (Å²) in [6, 6.07) is 13.2. The predicted molar refractivity (Wildman–Crippen MR) is 125 cm³/mol. The number of methoxy groups -OCH3 is 2. The van der Waals surface area contributed by atoms with Gasteiger partial charge in [-0.05, 0) is 17.7 Å². The van der Waals surface area contributed by atoms with Crippen molar-refractivity contribution in [1.29, 1.82) is 0 Å². The maximum atomic E-state index is 13.0. The maximum absolute atomic E-state index is 13.0. The molecule has 4 atom stereocenters. The highest BCUT2D eigenvalue weighted by Gasteiger charge is 2.43. The molecule has 0 saturated heterocycles. The van der Waals surface area contributed by atoms with E-state index in [1.165, 1.54) is 6.92 Å². The summed E-state index contributed by atoms with van der Waals surface area (Å²) in [7, 11) is 2.03. The van der Waals surface area contributed by atoms with E-state index >= 15 is 0 Å². The van der Waals surface area contributed by atoms with Gasteiger partial charge in [-0.1, -0.05) is 55.5 Å². The van der Waals surface area contributed by atoms with E-state index in [-0.39, 0.29) is 5.56 Å². The largest absolute Gasteiger partial charge is 0.480 e. The Morgan fingerprint density at radius 1 is 0.806 bits per heavy atom. The van der Waals surface area contributed by atoms with E-state index in [1.807, 2.05) is 0 Å². The molecule has 0 saturated carbocycles. The third-order valence-corrected chi connectivity index (χ3v) is 5.59. The molecule has 0 aliphatic rings. The van der Waals surface area contributed by atoms with Crippen molar-refractivity contribution in [1.82, 2.24) is 10.6 Å². The number of nitrogens with one attached hydrogen (secondary N) is 2. The molecule has 2 rings (SSSR count). The van der Waals surface area contributed by atoms with Gasteiger partial charge in [0.2, 0.25) is 0 Å². The lowest BCUT2D eigenvalue weighted by Crippen LogP contribution is -2.54. The van der Waals surface area contributed by atoms with Gasteiger partial charge in [0.25, 0.3) is 11.8 Å². The quantitative estimate of drug-likeness (QED) is 0.256. The van der Waals surface area contributed by atoms with Crippen LogP contribution in [0, 0.1) is 11.8 Å². The van der Waals surface area contributed by atoms with E-state index in [1.54, 1.807) is 60.7 Å². The Morgan fingerprint density at radius 3 is 1.78 bits per heavy atom. The minimum atomic E-state index is -1.93. The Morgan fingerprint density at radius 2 is 1.31 bits per heavy atom. The number of amides is 2. The fourth-order valence-corrected chi connectivity index (χ4v) is 3.60. The number of ether oxygens (including phenoxy) is 2. The first-order valence-electron chi connectivity index (χ1n) is 10.9. The van der Waals surface area contributed by atoms with Gasteiger partial charge in [-0.2, -0.15) is 0 Å². The highest BCUT2D eigenvalue weighted by molar-refractivity contribution is 5.97. The molecule has 0 aliphatic heterocycles. The second-order valence-corrected chi connectivity index (χ2v) is 7.88. The first-order chi connectivity index (χ1) is 17.1. The number of benzene rings is 2. The van der Waals surface area contributed by atoms with Crippen LogP contribution < -0.4 is 10.6 Å². The van der Waals surface area contributed by atoms with Crippen molar-refractivity contribution in [2.75, 3.05) is 14.2 Å². The number of hydrogen-bond donors (Lipinski definition) is 4. The number of aliphatic carboxylic acids is 1. The molecule has 11 heteroatoms. The van der Waals surface area contributed by atoms with Crippen LogP contribution >= 0.6 is 0 Å². The summed E-state index contributed by atoms with van der Waals surface area (Å²) in [5.41, 5.74) is 0.661. The summed E-state index contributed by atoms with van der Waals surface area (Å²) in [6.45, 7) is 1.25. The minimum Gasteiger partial charge on any atom is -0.480 e. The van der Waals surface area contributed by atoms with Gasteiger partial charge in [0, 0.05) is 11.5 Å². The average Bonchev–Trinajstić information content (AvgIpc) is 2.90. The normalized spacial score (nSPS) is 14.0. The molecule has 0 fully saturated rings. The number of hydrogen-bond acceptors (Lipinski definition) is 8. The van der Waals surface area contributed by atoms with E-state index < -0.39 is 59.7 Å². The zero-order chi connectivity index (χ0) is 26.8. The maximum Gasteiger partial charge on any atom is 0.326 e. The first-order valence-corrected chi connectivity index (χ1v) is 10.9. The average molecular weight is 501 g/mol. The molecule has 0 aromatic heterocycles. The number of carboxylic acids is 1. The predicted octanol–water partition coefficient (Wildman–Crippen LogP) is 0.686. The third-order valence-electron chi connectivity index (χ3n) is 5.59. The molecule has 11 nitrogen and oxygen atoms in total. The summed E-state index contributed by atoms with van der Waals surface area (Å²) in [4.78, 5) is 61.9. The van der Waals surface area contributed by atoms with Crippen LogP contribution in [0.1, 0.15) is 28.9 Å². The fraction of sp³-hybridized carbons (Fsp3) is 0.320. The summed E-state index contributed by atoms with van der Waals surface area (Å²) < 4.78 is 9.16. The van der Waals surface area contributed by atoms with Crippen LogP contribution in [0.15, 0.2) is 60.7 Å². The van der Waals surface area contributed by atoms with E-state index in [0.29, 0.717) is 5.56 Å². The van der Waals surface area contributed by atoms with Crippen molar-refractivity contribution in [3.63, 3.8) is 0 Å². The smallest absolute Gasteiger partial charge is 0.326 e. The molecule has 36 heavy (non-hydrogen) atoms. The summed E-state index contributed by atoms with van der Waals surface area (Å²) >= 11 is 0. The SMILES string of the molecule is COC(=O)C(C(=O)OC)[C@H](C)[C@@H](NC(=O)[C@H](O)[C@@H](NC(=O)c1ccccc1)c1ccccc1)C(=O)O. The van der Waals surface area contributed by atoms with Crippen molar-refractivity contribution in [3.8, 4) is 0 Å². The molecule has 0 aliphatic carbocycles. The van der Waals surface area contributed by atoms with Crippen LogP contribution in [0.4, 0.5) is 0 Å². The monoisotopic (exact) mass is 500 g/mol. The van der Waals surface area contributed by atoms with Crippen LogP contribution in [-0.2, 0) is 28.7 Å². The van der Waals surface area contributed by atoms with Crippen molar-refractivity contribution < 1.29 is 43.7 Å². The van der Waals surface area contributed by atoms with Crippen molar-refractivity contribution in [2.45, 2.75) is 25.1 Å². The molecule has 0 spiro atoms. The zero-order valence-electron chi connectivity index (χ0n) is 19.9. The number of rotatable bonds is 11. The number of aliphatic hydroxyl groups excluding tert-OH is 1.